The lowest BCUT2D eigenvalue weighted by Gasteiger charge is -2.11. The molecule has 0 unspecified atom stereocenters. The molecule has 0 aliphatic carbocycles. The molecule has 0 atom stereocenters. The second-order valence-corrected chi connectivity index (χ2v) is 4.67. The van der Waals surface area contributed by atoms with E-state index >= 15 is 0 Å². The smallest absolute Gasteiger partial charge is 0.165 e. The fourth-order valence-corrected chi connectivity index (χ4v) is 1.86. The average molecular weight is 284 g/mol. The maximum atomic E-state index is 13.7. The third-order valence-corrected chi connectivity index (χ3v) is 2.95. The van der Waals surface area contributed by atoms with E-state index in [1.165, 1.54) is 12.4 Å². The minimum Gasteiger partial charge on any atom is -0.483 e. The summed E-state index contributed by atoms with van der Waals surface area (Å²) in [6.45, 7) is 4.16. The molecule has 2 rings (SSSR count). The monoisotopic (exact) mass is 283 g/mol. The Morgan fingerprint density at radius 2 is 2.21 bits per heavy atom. The van der Waals surface area contributed by atoms with Crippen LogP contribution in [0.5, 0.6) is 5.75 Å². The van der Waals surface area contributed by atoms with E-state index in [2.05, 4.69) is 10.1 Å². The first-order valence-corrected chi connectivity index (χ1v) is 6.51. The van der Waals surface area contributed by atoms with Gasteiger partial charge in [0.1, 0.15) is 12.9 Å². The highest BCUT2D eigenvalue weighted by atomic mass is 35.5. The van der Waals surface area contributed by atoms with Gasteiger partial charge < -0.3 is 4.74 Å². The molecule has 0 bridgehead atoms. The van der Waals surface area contributed by atoms with Gasteiger partial charge in [0.05, 0.1) is 0 Å². The van der Waals surface area contributed by atoms with Crippen molar-refractivity contribution in [1.29, 1.82) is 0 Å². The molecular weight excluding hydrogens is 269 g/mol. The molecule has 19 heavy (non-hydrogen) atoms. The molecule has 0 aliphatic heterocycles. The fourth-order valence-electron chi connectivity index (χ4n) is 1.70. The van der Waals surface area contributed by atoms with Gasteiger partial charge in [-0.25, -0.2) is 14.1 Å². The molecule has 2 aromatic rings. The van der Waals surface area contributed by atoms with Gasteiger partial charge in [-0.05, 0) is 31.5 Å². The highest BCUT2D eigenvalue weighted by Crippen LogP contribution is 2.20. The van der Waals surface area contributed by atoms with Crippen molar-refractivity contribution in [2.75, 3.05) is 0 Å². The van der Waals surface area contributed by atoms with Crippen molar-refractivity contribution in [3.8, 4) is 5.75 Å². The van der Waals surface area contributed by atoms with Gasteiger partial charge in [-0.15, -0.1) is 11.6 Å². The van der Waals surface area contributed by atoms with E-state index in [-0.39, 0.29) is 24.3 Å². The van der Waals surface area contributed by atoms with Gasteiger partial charge in [-0.1, -0.05) is 6.07 Å². The van der Waals surface area contributed by atoms with Crippen LogP contribution in [0.25, 0.3) is 0 Å². The third kappa shape index (κ3) is 3.23. The van der Waals surface area contributed by atoms with Crippen LogP contribution in [0, 0.1) is 5.82 Å². The van der Waals surface area contributed by atoms with E-state index in [1.807, 2.05) is 13.8 Å². The second kappa shape index (κ2) is 6.02. The molecule has 6 heteroatoms. The van der Waals surface area contributed by atoms with Crippen LogP contribution in [0.4, 0.5) is 4.39 Å². The van der Waals surface area contributed by atoms with Gasteiger partial charge in [0, 0.05) is 11.9 Å². The first-order chi connectivity index (χ1) is 9.11. The van der Waals surface area contributed by atoms with E-state index < -0.39 is 5.82 Å². The van der Waals surface area contributed by atoms with Gasteiger partial charge >= 0.3 is 0 Å². The minimum atomic E-state index is -0.422. The Labute approximate surface area is 116 Å². The Hall–Kier alpha value is -1.62. The summed E-state index contributed by atoms with van der Waals surface area (Å²) in [5, 5.41) is 4.09. The van der Waals surface area contributed by atoms with E-state index in [0.717, 1.165) is 5.56 Å². The van der Waals surface area contributed by atoms with E-state index in [1.54, 1.807) is 16.8 Å². The third-order valence-electron chi connectivity index (χ3n) is 2.64. The molecule has 0 fully saturated rings. The van der Waals surface area contributed by atoms with Crippen molar-refractivity contribution in [1.82, 2.24) is 14.8 Å². The Bertz CT molecular complexity index is 557. The van der Waals surface area contributed by atoms with Gasteiger partial charge in [-0.2, -0.15) is 5.10 Å². The normalized spacial score (nSPS) is 11.0. The second-order valence-electron chi connectivity index (χ2n) is 4.40. The van der Waals surface area contributed by atoms with Crippen LogP contribution in [-0.2, 0) is 12.5 Å². The zero-order chi connectivity index (χ0) is 13.8. The maximum absolute atomic E-state index is 13.7. The molecule has 0 spiro atoms. The number of ether oxygens (including phenoxy) is 1. The number of rotatable bonds is 5. The number of benzene rings is 1. The number of nitrogens with zero attached hydrogens (tertiary/aromatic N) is 3. The van der Waals surface area contributed by atoms with Crippen LogP contribution in [0.3, 0.4) is 0 Å². The van der Waals surface area contributed by atoms with Crippen molar-refractivity contribution in [2.24, 2.45) is 0 Å². The van der Waals surface area contributed by atoms with E-state index in [0.29, 0.717) is 5.82 Å². The van der Waals surface area contributed by atoms with Crippen molar-refractivity contribution in [3.05, 3.63) is 41.7 Å². The Morgan fingerprint density at radius 1 is 1.42 bits per heavy atom. The lowest BCUT2D eigenvalue weighted by Crippen LogP contribution is -2.11. The zero-order valence-corrected chi connectivity index (χ0v) is 11.6. The molecule has 0 N–H and O–H groups in total. The number of hydrogen-bond acceptors (Lipinski definition) is 3. The van der Waals surface area contributed by atoms with Crippen LogP contribution in [0.15, 0.2) is 24.5 Å². The largest absolute Gasteiger partial charge is 0.483 e. The average Bonchev–Trinajstić information content (AvgIpc) is 2.85. The predicted octanol–water partition coefficient (Wildman–Crippen LogP) is 3.32. The van der Waals surface area contributed by atoms with Gasteiger partial charge in [0.2, 0.25) is 0 Å². The summed E-state index contributed by atoms with van der Waals surface area (Å²) in [7, 11) is 0. The van der Waals surface area contributed by atoms with Crippen LogP contribution in [-0.4, -0.2) is 14.8 Å². The van der Waals surface area contributed by atoms with Crippen molar-refractivity contribution in [2.45, 2.75) is 32.4 Å². The molecule has 102 valence electrons. The summed E-state index contributed by atoms with van der Waals surface area (Å²) in [6, 6.07) is 4.86. The summed E-state index contributed by atoms with van der Waals surface area (Å²) < 4.78 is 20.9. The number of halogens is 2. The molecule has 1 aromatic heterocycles. The molecule has 0 aliphatic rings. The van der Waals surface area contributed by atoms with Crippen LogP contribution < -0.4 is 4.74 Å². The van der Waals surface area contributed by atoms with Gasteiger partial charge in [-0.3, -0.25) is 0 Å². The minimum absolute atomic E-state index is 0.176. The van der Waals surface area contributed by atoms with Crippen LogP contribution in [0.1, 0.15) is 31.3 Å². The topological polar surface area (TPSA) is 39.9 Å². The highest BCUT2D eigenvalue weighted by molar-refractivity contribution is 6.17. The molecular formula is C13H15ClFN3O. The summed E-state index contributed by atoms with van der Waals surface area (Å²) in [4.78, 5) is 4.10. The van der Waals surface area contributed by atoms with Crippen LogP contribution in [0.2, 0.25) is 0 Å². The van der Waals surface area contributed by atoms with Crippen molar-refractivity contribution < 1.29 is 9.13 Å². The lowest BCUT2D eigenvalue weighted by molar-refractivity contribution is 0.269. The molecule has 0 radical (unpaired) electrons. The zero-order valence-electron chi connectivity index (χ0n) is 10.8. The predicted molar refractivity (Wildman–Crippen MR) is 70.7 cm³/mol. The summed E-state index contributed by atoms with van der Waals surface area (Å²) in [5.41, 5.74) is 0.719. The number of aromatic nitrogens is 3. The molecule has 1 heterocycles. The van der Waals surface area contributed by atoms with Gasteiger partial charge in [0.15, 0.2) is 17.4 Å². The Balaban J connectivity index is 2.08. The van der Waals surface area contributed by atoms with Crippen LogP contribution >= 0.6 is 11.6 Å². The highest BCUT2D eigenvalue weighted by Gasteiger charge is 2.10. The summed E-state index contributed by atoms with van der Waals surface area (Å²) in [6.07, 6.45) is 1.46. The summed E-state index contributed by atoms with van der Waals surface area (Å²) >= 11 is 5.64. The number of alkyl halides is 1. The quantitative estimate of drug-likeness (QED) is 0.790. The molecule has 1 aromatic carbocycles. The van der Waals surface area contributed by atoms with Gasteiger partial charge in [0.25, 0.3) is 0 Å². The Morgan fingerprint density at radius 3 is 2.84 bits per heavy atom. The molecule has 4 nitrogen and oxygen atoms in total. The SMILES string of the molecule is CC(C)n1ncnc1COc1ccc(CCl)cc1F. The maximum Gasteiger partial charge on any atom is 0.165 e. The van der Waals surface area contributed by atoms with Crippen molar-refractivity contribution >= 4 is 11.6 Å². The first kappa shape index (κ1) is 13.8. The summed E-state index contributed by atoms with van der Waals surface area (Å²) in [5.74, 6) is 0.704. The lowest BCUT2D eigenvalue weighted by atomic mass is 10.2. The molecule has 0 saturated carbocycles. The standard InChI is InChI=1S/C13H15ClFN3O/c1-9(2)18-13(16-8-17-18)7-19-12-4-3-10(6-14)5-11(12)15/h3-5,8-9H,6-7H2,1-2H3. The van der Waals surface area contributed by atoms with Crippen molar-refractivity contribution in [3.63, 3.8) is 0 Å². The fraction of sp³-hybridized carbons (Fsp3) is 0.385. The van der Waals surface area contributed by atoms with E-state index in [9.17, 15) is 4.39 Å². The van der Waals surface area contributed by atoms with E-state index in [4.69, 9.17) is 16.3 Å². The molecule has 0 saturated heterocycles. The Kier molecular flexibility index (Phi) is 4.37. The molecule has 0 amide bonds. The number of hydrogen-bond donors (Lipinski definition) is 0. The first-order valence-electron chi connectivity index (χ1n) is 5.97.